The van der Waals surface area contributed by atoms with Crippen LogP contribution in [0.2, 0.25) is 0 Å². The molecule has 0 radical (unpaired) electrons. The molecule has 0 amide bonds. The average molecular weight is 1440 g/mol. The SMILES string of the molecule is Cc1ccc(-c2c3nc(c(-c4ccc(C)cc4)c4ccc([nH]4)c(-c4ccc(O[C@H]5O[C@@H](C)[C@H]6OB(c7ccccc7-c7c8nc(c(-c9ccccc9)c9ccc([nH]9)c(-c9ccccc9)c9nc(c(-c%10ccccc%10)c%10ccc7[nH]%10)C=C9)C=C8)O[C@H]6[C@@H]5O)cc4)c4nc(c(-c5ccc(C)cc5)c5ccc2[nH]5)C=C4)C=C3)cc1. The van der Waals surface area contributed by atoms with Crippen molar-refractivity contribution in [3.8, 4) is 94.8 Å². The van der Waals surface area contributed by atoms with E-state index >= 15 is 0 Å². The molecule has 13 nitrogen and oxygen atoms in total. The first-order valence-corrected chi connectivity index (χ1v) is 37.7. The van der Waals surface area contributed by atoms with Gasteiger partial charge >= 0.3 is 7.12 Å². The number of benzene rings is 8. The van der Waals surface area contributed by atoms with E-state index in [-0.39, 0.29) is 0 Å². The van der Waals surface area contributed by atoms with Gasteiger partial charge in [-0.1, -0.05) is 217 Å². The molecule has 0 spiro atoms. The number of hydrogen-bond acceptors (Lipinski definition) is 9. The third-order valence-electron chi connectivity index (χ3n) is 21.9. The topological polar surface area (TPSA) is 172 Å². The van der Waals surface area contributed by atoms with Gasteiger partial charge in [-0.05, 0) is 187 Å². The van der Waals surface area contributed by atoms with Crippen LogP contribution in [0.3, 0.4) is 0 Å². The lowest BCUT2D eigenvalue weighted by molar-refractivity contribution is -0.244. The Labute approximate surface area is 641 Å². The van der Waals surface area contributed by atoms with Crippen molar-refractivity contribution in [2.24, 2.45) is 0 Å². The van der Waals surface area contributed by atoms with E-state index in [2.05, 4.69) is 290 Å². The minimum absolute atomic E-state index is 0.490. The maximum Gasteiger partial charge on any atom is 0.495 e. The number of rotatable bonds is 11. The Morgan fingerprint density at radius 3 is 0.910 bits per heavy atom. The molecule has 111 heavy (non-hydrogen) atoms. The van der Waals surface area contributed by atoms with Crippen LogP contribution in [0, 0.1) is 20.8 Å². The summed E-state index contributed by atoms with van der Waals surface area (Å²) in [6.45, 7) is 8.27. The smallest absolute Gasteiger partial charge is 0.462 e. The van der Waals surface area contributed by atoms with Gasteiger partial charge in [-0.25, -0.2) is 19.9 Å². The molecule has 2 fully saturated rings. The maximum absolute atomic E-state index is 12.6. The predicted molar refractivity (Wildman–Crippen MR) is 452 cm³/mol. The average Bonchev–Trinajstić information content (AvgIpc) is 1.64. The minimum Gasteiger partial charge on any atom is -0.462 e. The van der Waals surface area contributed by atoms with Crippen molar-refractivity contribution in [2.75, 3.05) is 0 Å². The fraction of sp³-hybridized carbons (Fsp3) is 0.0928. The van der Waals surface area contributed by atoms with Gasteiger partial charge < -0.3 is 43.8 Å². The van der Waals surface area contributed by atoms with Crippen LogP contribution >= 0.6 is 0 Å². The second-order valence-electron chi connectivity index (χ2n) is 29.2. The summed E-state index contributed by atoms with van der Waals surface area (Å²) in [4.78, 5) is 37.8. The summed E-state index contributed by atoms with van der Waals surface area (Å²) < 4.78 is 27.4. The second kappa shape index (κ2) is 27.7. The molecule has 14 aromatic rings. The van der Waals surface area contributed by atoms with E-state index in [1.54, 1.807) is 0 Å². The Morgan fingerprint density at radius 1 is 0.306 bits per heavy atom. The third-order valence-corrected chi connectivity index (χ3v) is 21.9. The largest absolute Gasteiger partial charge is 0.495 e. The molecular formula is C97H73BN8O5. The summed E-state index contributed by atoms with van der Waals surface area (Å²) in [7, 11) is -0.932. The van der Waals surface area contributed by atoms with Crippen LogP contribution in [0.25, 0.3) is 182 Å². The van der Waals surface area contributed by atoms with Crippen LogP contribution < -0.4 is 10.2 Å². The minimum atomic E-state index is -1.26. The van der Waals surface area contributed by atoms with E-state index in [1.807, 2.05) is 67.6 Å². The normalized spacial score (nSPS) is 16.9. The van der Waals surface area contributed by atoms with Crippen LogP contribution in [-0.2, 0) is 14.0 Å². The summed E-state index contributed by atoms with van der Waals surface area (Å²) in [6, 6.07) is 90.4. The molecule has 6 aliphatic heterocycles. The molecule has 0 aliphatic carbocycles. The summed E-state index contributed by atoms with van der Waals surface area (Å²) in [5.74, 6) is 0.490. The molecule has 5 atom stereocenters. The Bertz CT molecular complexity index is 6460. The molecular weight excluding hydrogens is 1370 g/mol. The molecule has 6 aliphatic rings. The monoisotopic (exact) mass is 1440 g/mol. The van der Waals surface area contributed by atoms with Crippen molar-refractivity contribution in [2.45, 2.75) is 58.4 Å². The highest BCUT2D eigenvalue weighted by atomic mass is 16.7. The Balaban J connectivity index is 0.671. The lowest BCUT2D eigenvalue weighted by Gasteiger charge is -2.39. The molecule has 12 heterocycles. The number of nitrogens with zero attached hydrogens (tertiary/aromatic N) is 4. The fourth-order valence-electron chi connectivity index (χ4n) is 16.5. The second-order valence-corrected chi connectivity index (χ2v) is 29.2. The number of aryl methyl sites for hydroxylation is 3. The molecule has 20 rings (SSSR count). The van der Waals surface area contributed by atoms with E-state index in [9.17, 15) is 5.11 Å². The zero-order valence-corrected chi connectivity index (χ0v) is 61.3. The lowest BCUT2D eigenvalue weighted by Crippen LogP contribution is -2.57. The first-order valence-electron chi connectivity index (χ1n) is 37.7. The summed E-state index contributed by atoms with van der Waals surface area (Å²) in [5.41, 5.74) is 33.2. The molecule has 5 N–H and O–H groups in total. The van der Waals surface area contributed by atoms with Crippen LogP contribution in [0.1, 0.15) is 69.2 Å². The highest BCUT2D eigenvalue weighted by Gasteiger charge is 2.54. The summed E-state index contributed by atoms with van der Waals surface area (Å²) in [6.07, 6.45) is 12.5. The van der Waals surface area contributed by atoms with E-state index < -0.39 is 37.8 Å². The maximum atomic E-state index is 12.6. The number of hydrogen-bond donors (Lipinski definition) is 5. The Kier molecular flexibility index (Phi) is 16.7. The third kappa shape index (κ3) is 12.3. The number of fused-ring (bicyclic) bond motifs is 17. The highest BCUT2D eigenvalue weighted by Crippen LogP contribution is 2.44. The lowest BCUT2D eigenvalue weighted by atomic mass is 9.74. The highest BCUT2D eigenvalue weighted by molar-refractivity contribution is 6.63. The molecule has 2 saturated heterocycles. The zero-order chi connectivity index (χ0) is 74.4. The molecule has 6 aromatic heterocycles. The standard InChI is InChI=1S/C97H73BN8O5/c1-56-24-30-63(31-25-56)89-76-44-46-78(101-76)90(64-32-26-57(2)27-33-64)80-48-50-82(103-80)92(83-51-49-81(104-83)91(79-47-45-77(89)102-79)65-34-28-58(3)29-35-65)66-36-38-67(39-37-66)109-97-94(107)96-95(59(4)108-97)110-98(111-96)69-23-15-14-22-68(69)93-84-54-52-74(105-84)87(61-18-10-6-11-19-61)72-42-40-70(99-72)86(60-16-8-5-9-17-60)71-41-43-73(100-71)88(62-20-12-7-13-21-62)75-53-55-85(93)106-75/h5-55,59,94-97,99,101,104,106-107H,1-4H3/t59-,94-,95+,96-,97+/m0/s1. The molecule has 14 heteroatoms. The van der Waals surface area contributed by atoms with Crippen LogP contribution in [-0.4, -0.2) is 82.8 Å². The van der Waals surface area contributed by atoms with Gasteiger partial charge in [-0.3, -0.25) is 0 Å². The summed E-state index contributed by atoms with van der Waals surface area (Å²) in [5, 5.41) is 12.6. The van der Waals surface area contributed by atoms with Gasteiger partial charge in [-0.15, -0.1) is 0 Å². The quantitative estimate of drug-likeness (QED) is 0.0791. The van der Waals surface area contributed by atoms with Crippen LogP contribution in [0.4, 0.5) is 0 Å². The van der Waals surface area contributed by atoms with Gasteiger partial charge in [0.1, 0.15) is 18.0 Å². The van der Waals surface area contributed by atoms with E-state index in [1.165, 1.54) is 5.56 Å². The van der Waals surface area contributed by atoms with Gasteiger partial charge in [0, 0.05) is 88.6 Å². The van der Waals surface area contributed by atoms with Gasteiger partial charge in [0.2, 0.25) is 6.29 Å². The first-order chi connectivity index (χ1) is 54.5. The predicted octanol–water partition coefficient (Wildman–Crippen LogP) is 21.5. The first kappa shape index (κ1) is 67.0. The van der Waals surface area contributed by atoms with Crippen LogP contribution in [0.15, 0.2) is 261 Å². The number of ether oxygens (including phenoxy) is 2. The van der Waals surface area contributed by atoms with Crippen molar-refractivity contribution in [3.05, 3.63) is 323 Å². The van der Waals surface area contributed by atoms with Crippen molar-refractivity contribution in [3.63, 3.8) is 0 Å². The van der Waals surface area contributed by atoms with Gasteiger partial charge in [0.05, 0.1) is 57.8 Å². The van der Waals surface area contributed by atoms with Crippen molar-refractivity contribution >= 4 is 105 Å². The summed E-state index contributed by atoms with van der Waals surface area (Å²) >= 11 is 0. The molecule has 0 saturated carbocycles. The molecule has 8 aromatic carbocycles. The van der Waals surface area contributed by atoms with Crippen LogP contribution in [0.5, 0.6) is 5.75 Å². The van der Waals surface area contributed by atoms with E-state index in [0.29, 0.717) is 5.75 Å². The number of H-pyrrole nitrogens is 4. The van der Waals surface area contributed by atoms with E-state index in [0.717, 1.165) is 195 Å². The molecule has 16 bridgehead atoms. The number of nitrogens with one attached hydrogen (secondary N) is 4. The number of aliphatic hydroxyl groups excluding tert-OH is 1. The number of aromatic nitrogens is 8. The zero-order valence-electron chi connectivity index (χ0n) is 61.3. The van der Waals surface area contributed by atoms with Gasteiger partial charge in [0.25, 0.3) is 0 Å². The van der Waals surface area contributed by atoms with Gasteiger partial charge in [0.15, 0.2) is 0 Å². The molecule has 534 valence electrons. The van der Waals surface area contributed by atoms with Gasteiger partial charge in [-0.2, -0.15) is 0 Å². The Morgan fingerprint density at radius 2 is 0.577 bits per heavy atom. The van der Waals surface area contributed by atoms with Crippen molar-refractivity contribution < 1.29 is 23.9 Å². The van der Waals surface area contributed by atoms with E-state index in [4.69, 9.17) is 38.7 Å². The Hall–Kier alpha value is -13.3. The number of aromatic amines is 4. The molecule has 0 unspecified atom stereocenters. The van der Waals surface area contributed by atoms with Crippen molar-refractivity contribution in [1.29, 1.82) is 0 Å². The number of aliphatic hydroxyl groups is 1. The van der Waals surface area contributed by atoms with Crippen molar-refractivity contribution in [1.82, 2.24) is 39.9 Å². The fourth-order valence-corrected chi connectivity index (χ4v) is 16.5.